The number of rotatable bonds is 3. The fraction of sp³-hybridized carbons (Fsp3) is 0.286. The highest BCUT2D eigenvalue weighted by atomic mass is 79.9. The minimum absolute atomic E-state index is 0.162. The predicted octanol–water partition coefficient (Wildman–Crippen LogP) is 4.37. The molecule has 28 heavy (non-hydrogen) atoms. The second kappa shape index (κ2) is 7.79. The van der Waals surface area contributed by atoms with Crippen molar-refractivity contribution in [2.75, 3.05) is 10.2 Å². The zero-order chi connectivity index (χ0) is 19.8. The highest BCUT2D eigenvalue weighted by molar-refractivity contribution is 9.12. The van der Waals surface area contributed by atoms with Crippen molar-refractivity contribution in [1.29, 1.82) is 0 Å². The molecule has 2 aromatic rings. The second-order valence-corrected chi connectivity index (χ2v) is 9.45. The lowest BCUT2D eigenvalue weighted by molar-refractivity contribution is -0.122. The number of alkyl halides is 2. The van der Waals surface area contributed by atoms with Crippen LogP contribution in [-0.2, 0) is 9.59 Å². The smallest absolute Gasteiger partial charge is 0.255 e. The molecule has 2 aromatic carbocycles. The lowest BCUT2D eigenvalue weighted by atomic mass is 9.81. The fourth-order valence-corrected chi connectivity index (χ4v) is 5.10. The normalized spacial score (nSPS) is 26.9. The molecular weight excluding hydrogens is 488 g/mol. The van der Waals surface area contributed by atoms with E-state index >= 15 is 0 Å². The van der Waals surface area contributed by atoms with Crippen LogP contribution in [0.2, 0.25) is 0 Å². The van der Waals surface area contributed by atoms with Gasteiger partial charge in [0, 0.05) is 20.9 Å². The summed E-state index contributed by atoms with van der Waals surface area (Å²) in [5, 5.41) is 2.83. The monoisotopic (exact) mass is 504 g/mol. The van der Waals surface area contributed by atoms with Crippen molar-refractivity contribution in [1.82, 2.24) is 0 Å². The van der Waals surface area contributed by atoms with Crippen molar-refractivity contribution in [2.24, 2.45) is 11.8 Å². The first-order valence-corrected chi connectivity index (χ1v) is 10.9. The number of nitrogens with zero attached hydrogens (tertiary/aromatic N) is 1. The average Bonchev–Trinajstić information content (AvgIpc) is 2.93. The van der Waals surface area contributed by atoms with E-state index in [1.165, 1.54) is 4.90 Å². The summed E-state index contributed by atoms with van der Waals surface area (Å²) in [6, 6.07) is 15.8. The summed E-state index contributed by atoms with van der Waals surface area (Å²) in [7, 11) is 0. The first kappa shape index (κ1) is 19.3. The summed E-state index contributed by atoms with van der Waals surface area (Å²) in [4.78, 5) is 39.9. The summed E-state index contributed by atoms with van der Waals surface area (Å²) >= 11 is 7.20. The first-order valence-electron chi connectivity index (χ1n) is 9.08. The molecule has 0 aromatic heterocycles. The molecule has 1 N–H and O–H groups in total. The van der Waals surface area contributed by atoms with Crippen LogP contribution in [0.25, 0.3) is 0 Å². The van der Waals surface area contributed by atoms with Crippen LogP contribution < -0.4 is 10.2 Å². The number of fused-ring (bicyclic) bond motifs is 1. The van der Waals surface area contributed by atoms with E-state index in [1.807, 2.05) is 6.07 Å². The molecule has 3 amide bonds. The Labute approximate surface area is 179 Å². The van der Waals surface area contributed by atoms with Gasteiger partial charge in [0.25, 0.3) is 5.91 Å². The lowest BCUT2D eigenvalue weighted by Crippen LogP contribution is -2.34. The van der Waals surface area contributed by atoms with Crippen LogP contribution >= 0.6 is 31.9 Å². The van der Waals surface area contributed by atoms with Crippen molar-refractivity contribution in [2.45, 2.75) is 22.5 Å². The van der Waals surface area contributed by atoms with E-state index in [0.717, 1.165) is 0 Å². The zero-order valence-corrected chi connectivity index (χ0v) is 18.0. The third-order valence-corrected chi connectivity index (χ3v) is 8.04. The summed E-state index contributed by atoms with van der Waals surface area (Å²) in [5.41, 5.74) is 1.57. The van der Waals surface area contributed by atoms with Crippen LogP contribution in [0.1, 0.15) is 23.2 Å². The molecule has 1 aliphatic heterocycles. The van der Waals surface area contributed by atoms with E-state index in [4.69, 9.17) is 0 Å². The first-order chi connectivity index (χ1) is 13.5. The number of imide groups is 1. The maximum Gasteiger partial charge on any atom is 0.255 e. The Morgan fingerprint density at radius 3 is 2.11 bits per heavy atom. The Balaban J connectivity index is 1.57. The second-order valence-electron chi connectivity index (χ2n) is 7.10. The van der Waals surface area contributed by atoms with Crippen LogP contribution in [0, 0.1) is 11.8 Å². The van der Waals surface area contributed by atoms with Crippen LogP contribution in [0.15, 0.2) is 54.6 Å². The van der Waals surface area contributed by atoms with Gasteiger partial charge in [0.05, 0.1) is 17.5 Å². The summed E-state index contributed by atoms with van der Waals surface area (Å²) in [6.45, 7) is 0. The number of benzene rings is 2. The van der Waals surface area contributed by atoms with Crippen LogP contribution in [0.3, 0.4) is 0 Å². The van der Waals surface area contributed by atoms with E-state index < -0.39 is 0 Å². The van der Waals surface area contributed by atoms with Crippen LogP contribution in [-0.4, -0.2) is 27.4 Å². The minimum atomic E-state index is -0.298. The van der Waals surface area contributed by atoms with Gasteiger partial charge in [-0.2, -0.15) is 0 Å². The number of carbonyl (C=O) groups is 3. The number of nitrogens with one attached hydrogen (secondary N) is 1. The summed E-state index contributed by atoms with van der Waals surface area (Å²) in [5.74, 6) is -1.16. The molecule has 1 heterocycles. The molecule has 5 nitrogen and oxygen atoms in total. The Morgan fingerprint density at radius 2 is 1.50 bits per heavy atom. The maximum absolute atomic E-state index is 12.9. The highest BCUT2D eigenvalue weighted by Crippen LogP contribution is 2.44. The third kappa shape index (κ3) is 3.53. The zero-order valence-electron chi connectivity index (χ0n) is 14.8. The predicted molar refractivity (Wildman–Crippen MR) is 115 cm³/mol. The fourth-order valence-electron chi connectivity index (χ4n) is 3.87. The van der Waals surface area contributed by atoms with Gasteiger partial charge in [0.1, 0.15) is 0 Å². The topological polar surface area (TPSA) is 66.5 Å². The molecule has 7 heteroatoms. The van der Waals surface area contributed by atoms with Gasteiger partial charge >= 0.3 is 0 Å². The van der Waals surface area contributed by atoms with E-state index in [0.29, 0.717) is 29.8 Å². The highest BCUT2D eigenvalue weighted by Gasteiger charge is 2.52. The van der Waals surface area contributed by atoms with Crippen molar-refractivity contribution >= 4 is 61.0 Å². The van der Waals surface area contributed by atoms with Gasteiger partial charge in [-0.3, -0.25) is 14.4 Å². The molecule has 0 spiro atoms. The van der Waals surface area contributed by atoms with Crippen molar-refractivity contribution < 1.29 is 14.4 Å². The number of hydrogen-bond acceptors (Lipinski definition) is 3. The lowest BCUT2D eigenvalue weighted by Gasteiger charge is -2.29. The average molecular weight is 506 g/mol. The summed E-state index contributed by atoms with van der Waals surface area (Å²) < 4.78 is 0. The van der Waals surface area contributed by atoms with Gasteiger partial charge in [-0.05, 0) is 43.2 Å². The molecule has 4 atom stereocenters. The van der Waals surface area contributed by atoms with Gasteiger partial charge in [0.2, 0.25) is 11.8 Å². The molecule has 2 fully saturated rings. The molecule has 1 saturated carbocycles. The maximum atomic E-state index is 12.9. The molecule has 4 rings (SSSR count). The Bertz CT molecular complexity index is 906. The van der Waals surface area contributed by atoms with Crippen molar-refractivity contribution in [3.8, 4) is 0 Å². The van der Waals surface area contributed by atoms with Gasteiger partial charge in [0.15, 0.2) is 0 Å². The van der Waals surface area contributed by atoms with Gasteiger partial charge in [-0.15, -0.1) is 0 Å². The molecule has 0 unspecified atom stereocenters. The molecule has 2 aliphatic rings. The largest absolute Gasteiger partial charge is 0.322 e. The van der Waals surface area contributed by atoms with Crippen molar-refractivity contribution in [3.63, 3.8) is 0 Å². The van der Waals surface area contributed by atoms with Gasteiger partial charge in [-0.1, -0.05) is 56.1 Å². The Morgan fingerprint density at radius 1 is 0.893 bits per heavy atom. The molecule has 144 valence electrons. The number of carbonyl (C=O) groups excluding carboxylic acids is 3. The molecule has 1 aliphatic carbocycles. The number of halogens is 2. The third-order valence-electron chi connectivity index (χ3n) is 5.31. The van der Waals surface area contributed by atoms with E-state index in [1.54, 1.807) is 48.5 Å². The Hall–Kier alpha value is -1.99. The minimum Gasteiger partial charge on any atom is -0.322 e. The van der Waals surface area contributed by atoms with Crippen LogP contribution in [0.5, 0.6) is 0 Å². The SMILES string of the molecule is O=C(Nc1cccc(N2C(=O)[C@H]3C[C@@H](Br)[C@@H](Br)C[C@H]3C2=O)c1)c1ccccc1. The number of anilines is 2. The number of hydrogen-bond donors (Lipinski definition) is 1. The van der Waals surface area contributed by atoms with Crippen LogP contribution in [0.4, 0.5) is 11.4 Å². The van der Waals surface area contributed by atoms with E-state index in [2.05, 4.69) is 37.2 Å². The molecular formula is C21H18Br2N2O3. The van der Waals surface area contributed by atoms with E-state index in [-0.39, 0.29) is 39.2 Å². The standard InChI is InChI=1S/C21H18Br2N2O3/c22-17-10-15-16(11-18(17)23)21(28)25(20(15)27)14-8-4-7-13(9-14)24-19(26)12-5-2-1-3-6-12/h1-9,15-18H,10-11H2,(H,24,26)/t15-,16+,17+,18-. The summed E-state index contributed by atoms with van der Waals surface area (Å²) in [6.07, 6.45) is 1.26. The quantitative estimate of drug-likeness (QED) is 0.497. The van der Waals surface area contributed by atoms with Crippen molar-refractivity contribution in [3.05, 3.63) is 60.2 Å². The molecule has 0 bridgehead atoms. The van der Waals surface area contributed by atoms with Gasteiger partial charge in [-0.25, -0.2) is 4.90 Å². The molecule has 0 radical (unpaired) electrons. The molecule has 1 saturated heterocycles. The Kier molecular flexibility index (Phi) is 5.38. The number of amides is 3. The van der Waals surface area contributed by atoms with E-state index in [9.17, 15) is 14.4 Å². The van der Waals surface area contributed by atoms with Gasteiger partial charge < -0.3 is 5.32 Å².